The highest BCUT2D eigenvalue weighted by atomic mass is 19.4. The largest absolute Gasteiger partial charge is 0.416 e. The summed E-state index contributed by atoms with van der Waals surface area (Å²) in [5.74, 6) is -0.269. The summed E-state index contributed by atoms with van der Waals surface area (Å²) in [4.78, 5) is 21.7. The van der Waals surface area contributed by atoms with Crippen LogP contribution in [0.5, 0.6) is 0 Å². The lowest BCUT2D eigenvalue weighted by Crippen LogP contribution is -2.58. The summed E-state index contributed by atoms with van der Waals surface area (Å²) in [6.07, 6.45) is -1.02. The second-order valence-corrected chi connectivity index (χ2v) is 10.1. The number of halogens is 3. The molecule has 6 rings (SSSR count). The normalized spacial score (nSPS) is 19.1. The number of para-hydroxylation sites is 1. The summed E-state index contributed by atoms with van der Waals surface area (Å²) in [5, 5.41) is 4.71. The third-order valence-corrected chi connectivity index (χ3v) is 7.83. The summed E-state index contributed by atoms with van der Waals surface area (Å²) in [6.45, 7) is 2.71. The minimum Gasteiger partial charge on any atom is -0.380 e. The molecule has 3 heterocycles. The Balaban J connectivity index is 1.28. The van der Waals surface area contributed by atoms with Crippen LogP contribution in [0.1, 0.15) is 27.9 Å². The first-order valence-electron chi connectivity index (χ1n) is 13.0. The Morgan fingerprint density at radius 2 is 1.71 bits per heavy atom. The van der Waals surface area contributed by atoms with Crippen molar-refractivity contribution in [2.45, 2.75) is 31.1 Å². The molecule has 0 saturated carbocycles. The molecule has 1 aromatic heterocycles. The van der Waals surface area contributed by atoms with Gasteiger partial charge in [-0.3, -0.25) is 9.69 Å². The zero-order valence-corrected chi connectivity index (χ0v) is 20.8. The highest BCUT2D eigenvalue weighted by Crippen LogP contribution is 2.33. The number of piperazine rings is 1. The number of hydrogen-bond donors (Lipinski definition) is 2. The Bertz CT molecular complexity index is 1460. The number of nitrogens with zero attached hydrogens (tertiary/aromatic N) is 2. The van der Waals surface area contributed by atoms with Crippen LogP contribution in [0, 0.1) is 0 Å². The van der Waals surface area contributed by atoms with E-state index >= 15 is 0 Å². The minimum atomic E-state index is -4.50. The lowest BCUT2D eigenvalue weighted by atomic mass is 9.88. The molecule has 2 unspecified atom stereocenters. The third-order valence-electron chi connectivity index (χ3n) is 7.83. The average Bonchev–Trinajstić information content (AvgIpc) is 3.42. The Hall–Kier alpha value is -3.78. The van der Waals surface area contributed by atoms with Crippen LogP contribution < -0.4 is 10.2 Å². The number of rotatable bonds is 5. The van der Waals surface area contributed by atoms with Gasteiger partial charge in [-0.05, 0) is 54.8 Å². The fourth-order valence-corrected chi connectivity index (χ4v) is 5.91. The van der Waals surface area contributed by atoms with Crippen molar-refractivity contribution in [1.29, 1.82) is 0 Å². The Morgan fingerprint density at radius 1 is 0.921 bits per heavy atom. The number of H-pyrrole nitrogens is 1. The van der Waals surface area contributed by atoms with Gasteiger partial charge in [0.05, 0.1) is 11.6 Å². The highest BCUT2D eigenvalue weighted by molar-refractivity contribution is 6.01. The van der Waals surface area contributed by atoms with Gasteiger partial charge in [0.1, 0.15) is 0 Å². The van der Waals surface area contributed by atoms with Crippen molar-refractivity contribution in [2.24, 2.45) is 0 Å². The molecule has 0 aliphatic carbocycles. The number of ketones is 1. The first kappa shape index (κ1) is 24.6. The van der Waals surface area contributed by atoms with E-state index in [4.69, 9.17) is 0 Å². The van der Waals surface area contributed by atoms with Crippen molar-refractivity contribution in [3.05, 3.63) is 95.7 Å². The molecule has 0 amide bonds. The van der Waals surface area contributed by atoms with Gasteiger partial charge in [-0.1, -0.05) is 36.4 Å². The average molecular weight is 519 g/mol. The third kappa shape index (κ3) is 4.65. The number of anilines is 2. The van der Waals surface area contributed by atoms with Gasteiger partial charge in [0.2, 0.25) is 0 Å². The van der Waals surface area contributed by atoms with Gasteiger partial charge in [-0.15, -0.1) is 0 Å². The Morgan fingerprint density at radius 3 is 2.53 bits per heavy atom. The van der Waals surface area contributed by atoms with Gasteiger partial charge in [0.15, 0.2) is 5.78 Å². The number of carbonyl (C=O) groups is 1. The van der Waals surface area contributed by atoms with Gasteiger partial charge in [0.25, 0.3) is 0 Å². The molecule has 5 nitrogen and oxygen atoms in total. The maximum Gasteiger partial charge on any atom is 0.416 e. The standard InChI is InChI=1S/C30H29F3N4O/c31-30(32,33)22-7-3-6-21(19-22)29(38)28(26-12-11-20-5-1-2-8-24(20)35-26)37-17-15-36(16-18-37)27-10-4-9-25-23(27)13-14-34-25/h1-10,13-14,19,26,28,34-35H,11-12,15-18H2. The number of aromatic nitrogens is 1. The molecule has 2 atom stereocenters. The zero-order valence-electron chi connectivity index (χ0n) is 20.8. The number of benzene rings is 3. The monoisotopic (exact) mass is 518 g/mol. The summed E-state index contributed by atoms with van der Waals surface area (Å²) < 4.78 is 40.4. The first-order valence-corrected chi connectivity index (χ1v) is 13.0. The summed E-state index contributed by atoms with van der Waals surface area (Å²) in [7, 11) is 0. The summed E-state index contributed by atoms with van der Waals surface area (Å²) >= 11 is 0. The Kier molecular flexibility index (Phi) is 6.35. The second-order valence-electron chi connectivity index (χ2n) is 10.1. The number of hydrogen-bond acceptors (Lipinski definition) is 4. The molecule has 2 aliphatic rings. The molecular formula is C30H29F3N4O. The lowest BCUT2D eigenvalue weighted by molar-refractivity contribution is -0.137. The van der Waals surface area contributed by atoms with Crippen molar-refractivity contribution in [2.75, 3.05) is 36.4 Å². The van der Waals surface area contributed by atoms with E-state index in [-0.39, 0.29) is 17.4 Å². The predicted octanol–water partition coefficient (Wildman–Crippen LogP) is 5.99. The van der Waals surface area contributed by atoms with Crippen molar-refractivity contribution in [3.8, 4) is 0 Å². The van der Waals surface area contributed by atoms with E-state index in [2.05, 4.69) is 38.3 Å². The molecule has 8 heteroatoms. The molecule has 2 N–H and O–H groups in total. The van der Waals surface area contributed by atoms with E-state index in [0.29, 0.717) is 13.1 Å². The summed E-state index contributed by atoms with van der Waals surface area (Å²) in [6, 6.07) is 20.3. The number of carbonyl (C=O) groups excluding carboxylic acids is 1. The van der Waals surface area contributed by atoms with Crippen LogP contribution in [-0.4, -0.2) is 53.9 Å². The summed E-state index contributed by atoms with van der Waals surface area (Å²) in [5.41, 5.74) is 3.71. The number of nitrogens with one attached hydrogen (secondary N) is 2. The molecular weight excluding hydrogens is 489 g/mol. The van der Waals surface area contributed by atoms with E-state index in [1.54, 1.807) is 0 Å². The second kappa shape index (κ2) is 9.83. The topological polar surface area (TPSA) is 51.4 Å². The first-order chi connectivity index (χ1) is 18.4. The van der Waals surface area contributed by atoms with Crippen LogP contribution in [0.15, 0.2) is 79.0 Å². The van der Waals surface area contributed by atoms with Crippen LogP contribution in [0.3, 0.4) is 0 Å². The number of aryl methyl sites for hydroxylation is 1. The quantitative estimate of drug-likeness (QED) is 0.319. The zero-order chi connectivity index (χ0) is 26.3. The minimum absolute atomic E-state index is 0.102. The van der Waals surface area contributed by atoms with Crippen LogP contribution in [-0.2, 0) is 12.6 Å². The van der Waals surface area contributed by atoms with Crippen LogP contribution in [0.4, 0.5) is 24.5 Å². The van der Waals surface area contributed by atoms with E-state index in [1.165, 1.54) is 17.7 Å². The molecule has 1 saturated heterocycles. The molecule has 38 heavy (non-hydrogen) atoms. The van der Waals surface area contributed by atoms with Gasteiger partial charge >= 0.3 is 6.18 Å². The lowest BCUT2D eigenvalue weighted by Gasteiger charge is -2.44. The van der Waals surface area contributed by atoms with E-state index in [9.17, 15) is 18.0 Å². The van der Waals surface area contributed by atoms with E-state index < -0.39 is 17.8 Å². The molecule has 0 radical (unpaired) electrons. The molecule has 0 spiro atoms. The van der Waals surface area contributed by atoms with Crippen LogP contribution >= 0.6 is 0 Å². The fourth-order valence-electron chi connectivity index (χ4n) is 5.91. The van der Waals surface area contributed by atoms with Crippen molar-refractivity contribution >= 4 is 28.1 Å². The Labute approximate surface area is 219 Å². The smallest absolute Gasteiger partial charge is 0.380 e. The SMILES string of the molecule is O=C(c1cccc(C(F)(F)F)c1)C(C1CCc2ccccc2N1)N1CCN(c2cccc3[nH]ccc23)CC1. The molecule has 4 aromatic rings. The molecule has 196 valence electrons. The molecule has 3 aromatic carbocycles. The molecule has 1 fully saturated rings. The highest BCUT2D eigenvalue weighted by Gasteiger charge is 2.39. The van der Waals surface area contributed by atoms with Gasteiger partial charge in [0, 0.05) is 66.3 Å². The van der Waals surface area contributed by atoms with Crippen molar-refractivity contribution < 1.29 is 18.0 Å². The number of alkyl halides is 3. The molecule has 0 bridgehead atoms. The van der Waals surface area contributed by atoms with Crippen molar-refractivity contribution in [3.63, 3.8) is 0 Å². The van der Waals surface area contributed by atoms with Crippen molar-refractivity contribution in [1.82, 2.24) is 9.88 Å². The molecule has 2 aliphatic heterocycles. The van der Waals surface area contributed by atoms with Gasteiger partial charge in [-0.25, -0.2) is 0 Å². The maximum atomic E-state index is 14.0. The van der Waals surface area contributed by atoms with E-state index in [1.807, 2.05) is 36.5 Å². The van der Waals surface area contributed by atoms with Gasteiger partial charge in [-0.2, -0.15) is 13.2 Å². The predicted molar refractivity (Wildman–Crippen MR) is 144 cm³/mol. The van der Waals surface area contributed by atoms with Crippen LogP contribution in [0.25, 0.3) is 10.9 Å². The number of aromatic amines is 1. The van der Waals surface area contributed by atoms with Gasteiger partial charge < -0.3 is 15.2 Å². The number of Topliss-reactive ketones (excluding diaryl/α,β-unsaturated/α-hetero) is 1. The van der Waals surface area contributed by atoms with Crippen LogP contribution in [0.2, 0.25) is 0 Å². The maximum absolute atomic E-state index is 14.0. The fraction of sp³-hybridized carbons (Fsp3) is 0.300. The number of fused-ring (bicyclic) bond motifs is 2. The van der Waals surface area contributed by atoms with E-state index in [0.717, 1.165) is 60.3 Å².